The second kappa shape index (κ2) is 6.46. The predicted molar refractivity (Wildman–Crippen MR) is 76.4 cm³/mol. The van der Waals surface area contributed by atoms with Gasteiger partial charge in [-0.25, -0.2) is 0 Å². The predicted octanol–water partition coefficient (Wildman–Crippen LogP) is 1.29. The minimum atomic E-state index is -0.510. The van der Waals surface area contributed by atoms with Gasteiger partial charge in [0, 0.05) is 5.69 Å². The van der Waals surface area contributed by atoms with E-state index < -0.39 is 11.9 Å². The highest BCUT2D eigenvalue weighted by atomic mass is 16.1. The molecule has 1 heterocycles. The molecule has 0 aliphatic carbocycles. The zero-order chi connectivity index (χ0) is 14.4. The van der Waals surface area contributed by atoms with Gasteiger partial charge in [-0.05, 0) is 18.6 Å². The van der Waals surface area contributed by atoms with E-state index in [0.29, 0.717) is 12.2 Å². The molecule has 1 atom stereocenters. The van der Waals surface area contributed by atoms with Gasteiger partial charge in [0.25, 0.3) is 0 Å². The van der Waals surface area contributed by atoms with E-state index in [4.69, 9.17) is 5.73 Å². The van der Waals surface area contributed by atoms with Crippen molar-refractivity contribution < 1.29 is 4.79 Å². The fourth-order valence-corrected chi connectivity index (χ4v) is 1.62. The SMILES string of the molecule is CC[C@@H](Nc1nncc(Nc2ccccc2)n1)C(N)=O. The van der Waals surface area contributed by atoms with Crippen LogP contribution in [0.3, 0.4) is 0 Å². The van der Waals surface area contributed by atoms with Gasteiger partial charge in [0.05, 0.1) is 6.20 Å². The Bertz CT molecular complexity index is 574. The minimum absolute atomic E-state index is 0.261. The van der Waals surface area contributed by atoms with Crippen molar-refractivity contribution in [2.45, 2.75) is 19.4 Å². The third-order valence-corrected chi connectivity index (χ3v) is 2.66. The van der Waals surface area contributed by atoms with Gasteiger partial charge in [0.1, 0.15) is 6.04 Å². The van der Waals surface area contributed by atoms with Gasteiger partial charge >= 0.3 is 0 Å². The van der Waals surface area contributed by atoms with Crippen LogP contribution in [0.4, 0.5) is 17.5 Å². The van der Waals surface area contributed by atoms with Gasteiger partial charge in [-0.1, -0.05) is 25.1 Å². The Morgan fingerprint density at radius 1 is 1.35 bits per heavy atom. The Kier molecular flexibility index (Phi) is 4.43. The summed E-state index contributed by atoms with van der Waals surface area (Å²) in [4.78, 5) is 15.4. The molecule has 0 aliphatic heterocycles. The first-order valence-corrected chi connectivity index (χ1v) is 6.26. The van der Waals surface area contributed by atoms with Crippen LogP contribution in [0.2, 0.25) is 0 Å². The summed E-state index contributed by atoms with van der Waals surface area (Å²) in [5.74, 6) is 0.349. The van der Waals surface area contributed by atoms with Crippen molar-refractivity contribution in [1.82, 2.24) is 15.2 Å². The molecule has 0 bridgehead atoms. The monoisotopic (exact) mass is 272 g/mol. The van der Waals surface area contributed by atoms with Gasteiger partial charge in [0.2, 0.25) is 11.9 Å². The van der Waals surface area contributed by atoms with E-state index in [1.54, 1.807) is 0 Å². The number of hydrogen-bond acceptors (Lipinski definition) is 6. The number of aromatic nitrogens is 3. The summed E-state index contributed by atoms with van der Waals surface area (Å²) < 4.78 is 0. The molecule has 4 N–H and O–H groups in total. The average molecular weight is 272 g/mol. The Balaban J connectivity index is 2.10. The topological polar surface area (TPSA) is 106 Å². The maximum Gasteiger partial charge on any atom is 0.245 e. The Morgan fingerprint density at radius 2 is 2.10 bits per heavy atom. The van der Waals surface area contributed by atoms with E-state index in [-0.39, 0.29) is 5.95 Å². The Labute approximate surface area is 116 Å². The molecule has 0 saturated carbocycles. The molecule has 0 radical (unpaired) electrons. The lowest BCUT2D eigenvalue weighted by atomic mass is 10.2. The van der Waals surface area contributed by atoms with Crippen LogP contribution in [-0.2, 0) is 4.79 Å². The van der Waals surface area contributed by atoms with Gasteiger partial charge in [-0.15, -0.1) is 5.10 Å². The standard InChI is InChI=1S/C13H16N6O/c1-2-10(12(14)20)17-13-18-11(8-15-19-13)16-9-6-4-3-5-7-9/h3-8,10H,2H2,1H3,(H2,14,20)(H2,16,17,18,19)/t10-/m1/s1. The number of benzene rings is 1. The van der Waals surface area contributed by atoms with Crippen molar-refractivity contribution in [3.8, 4) is 0 Å². The summed E-state index contributed by atoms with van der Waals surface area (Å²) >= 11 is 0. The van der Waals surface area contributed by atoms with E-state index in [2.05, 4.69) is 25.8 Å². The molecule has 1 amide bonds. The van der Waals surface area contributed by atoms with Gasteiger partial charge in [0.15, 0.2) is 5.82 Å². The zero-order valence-corrected chi connectivity index (χ0v) is 11.1. The van der Waals surface area contributed by atoms with Crippen LogP contribution in [0.15, 0.2) is 36.5 Å². The summed E-state index contributed by atoms with van der Waals surface area (Å²) in [6.45, 7) is 1.85. The number of nitrogens with two attached hydrogens (primary N) is 1. The molecule has 0 unspecified atom stereocenters. The first kappa shape index (κ1) is 13.7. The highest BCUT2D eigenvalue weighted by molar-refractivity contribution is 5.82. The van der Waals surface area contributed by atoms with Crippen LogP contribution < -0.4 is 16.4 Å². The first-order valence-electron chi connectivity index (χ1n) is 6.26. The number of nitrogens with one attached hydrogen (secondary N) is 2. The number of para-hydroxylation sites is 1. The molecule has 7 heteroatoms. The van der Waals surface area contributed by atoms with Crippen LogP contribution in [0.1, 0.15) is 13.3 Å². The molecule has 2 rings (SSSR count). The highest BCUT2D eigenvalue weighted by Crippen LogP contribution is 2.13. The third-order valence-electron chi connectivity index (χ3n) is 2.66. The molecule has 104 valence electrons. The van der Waals surface area contributed by atoms with Crippen molar-refractivity contribution in [2.75, 3.05) is 10.6 Å². The van der Waals surface area contributed by atoms with Crippen molar-refractivity contribution in [1.29, 1.82) is 0 Å². The van der Waals surface area contributed by atoms with Crippen LogP contribution >= 0.6 is 0 Å². The van der Waals surface area contributed by atoms with Gasteiger partial charge in [-0.3, -0.25) is 4.79 Å². The molecule has 0 saturated heterocycles. The quantitative estimate of drug-likeness (QED) is 0.731. The minimum Gasteiger partial charge on any atom is -0.368 e. The fraction of sp³-hybridized carbons (Fsp3) is 0.231. The smallest absolute Gasteiger partial charge is 0.245 e. The summed E-state index contributed by atoms with van der Waals surface area (Å²) in [6, 6.07) is 9.06. The van der Waals surface area contributed by atoms with E-state index in [0.717, 1.165) is 5.69 Å². The highest BCUT2D eigenvalue weighted by Gasteiger charge is 2.14. The first-order chi connectivity index (χ1) is 9.69. The van der Waals surface area contributed by atoms with E-state index in [1.165, 1.54) is 6.20 Å². The number of carbonyl (C=O) groups excluding carboxylic acids is 1. The number of primary amides is 1. The molecular weight excluding hydrogens is 256 g/mol. The molecule has 20 heavy (non-hydrogen) atoms. The summed E-state index contributed by atoms with van der Waals surface area (Å²) in [5.41, 5.74) is 6.15. The molecular formula is C13H16N6O. The van der Waals surface area contributed by atoms with Crippen molar-refractivity contribution in [2.24, 2.45) is 5.73 Å². The Hall–Kier alpha value is -2.70. The third kappa shape index (κ3) is 3.64. The summed E-state index contributed by atoms with van der Waals surface area (Å²) in [5, 5.41) is 13.6. The molecule has 7 nitrogen and oxygen atoms in total. The largest absolute Gasteiger partial charge is 0.368 e. The van der Waals surface area contributed by atoms with E-state index >= 15 is 0 Å². The molecule has 1 aromatic carbocycles. The number of carbonyl (C=O) groups is 1. The summed E-state index contributed by atoms with van der Waals surface area (Å²) in [7, 11) is 0. The number of amides is 1. The number of anilines is 3. The molecule has 0 fully saturated rings. The number of rotatable bonds is 6. The lowest BCUT2D eigenvalue weighted by Crippen LogP contribution is -2.35. The van der Waals surface area contributed by atoms with Crippen molar-refractivity contribution >= 4 is 23.4 Å². The summed E-state index contributed by atoms with van der Waals surface area (Å²) in [6.07, 6.45) is 2.05. The maximum atomic E-state index is 11.2. The fourth-order valence-electron chi connectivity index (χ4n) is 1.62. The van der Waals surface area contributed by atoms with Crippen LogP contribution in [-0.4, -0.2) is 27.1 Å². The zero-order valence-electron chi connectivity index (χ0n) is 11.1. The van der Waals surface area contributed by atoms with E-state index in [9.17, 15) is 4.79 Å². The lowest BCUT2D eigenvalue weighted by molar-refractivity contribution is -0.118. The van der Waals surface area contributed by atoms with E-state index in [1.807, 2.05) is 37.3 Å². The van der Waals surface area contributed by atoms with Crippen LogP contribution in [0.5, 0.6) is 0 Å². The number of nitrogens with zero attached hydrogens (tertiary/aromatic N) is 3. The van der Waals surface area contributed by atoms with Crippen LogP contribution in [0, 0.1) is 0 Å². The second-order valence-electron chi connectivity index (χ2n) is 4.16. The van der Waals surface area contributed by atoms with Crippen molar-refractivity contribution in [3.63, 3.8) is 0 Å². The molecule has 0 spiro atoms. The maximum absolute atomic E-state index is 11.2. The van der Waals surface area contributed by atoms with Crippen molar-refractivity contribution in [3.05, 3.63) is 36.5 Å². The van der Waals surface area contributed by atoms with Gasteiger partial charge < -0.3 is 16.4 Å². The second-order valence-corrected chi connectivity index (χ2v) is 4.16. The van der Waals surface area contributed by atoms with Gasteiger partial charge in [-0.2, -0.15) is 10.1 Å². The normalized spacial score (nSPS) is 11.7. The number of hydrogen-bond donors (Lipinski definition) is 3. The molecule has 2 aromatic rings. The van der Waals surface area contributed by atoms with Crippen LogP contribution in [0.25, 0.3) is 0 Å². The lowest BCUT2D eigenvalue weighted by Gasteiger charge is -2.13. The molecule has 0 aliphatic rings. The average Bonchev–Trinajstić information content (AvgIpc) is 2.46. The Morgan fingerprint density at radius 3 is 2.75 bits per heavy atom. The molecule has 1 aromatic heterocycles.